The summed E-state index contributed by atoms with van der Waals surface area (Å²) in [5.41, 5.74) is 1.28. The number of nitrogens with one attached hydrogen (secondary N) is 1. The predicted octanol–water partition coefficient (Wildman–Crippen LogP) is 3.36. The van der Waals surface area contributed by atoms with Crippen LogP contribution in [0.4, 0.5) is 0 Å². The number of Topliss-reactive ketones (excluding diaryl/α,β-unsaturated/α-hetero) is 1. The third-order valence-corrected chi connectivity index (χ3v) is 3.70. The van der Waals surface area contributed by atoms with Gasteiger partial charge in [-0.15, -0.1) is 0 Å². The molecule has 19 heavy (non-hydrogen) atoms. The van der Waals surface area contributed by atoms with E-state index >= 15 is 0 Å². The van der Waals surface area contributed by atoms with Crippen LogP contribution >= 0.6 is 11.6 Å². The zero-order valence-corrected chi connectivity index (χ0v) is 11.4. The Bertz CT molecular complexity index is 647. The minimum Gasteiger partial charge on any atom is -0.481 e. The lowest BCUT2D eigenvalue weighted by atomic mass is 9.88. The van der Waals surface area contributed by atoms with Gasteiger partial charge in [-0.25, -0.2) is 0 Å². The molecule has 1 aromatic carbocycles. The second-order valence-electron chi connectivity index (χ2n) is 4.67. The molecule has 0 fully saturated rings. The first-order chi connectivity index (χ1) is 8.91. The minimum absolute atomic E-state index is 0.177. The Hall–Kier alpha value is -1.81. The molecule has 0 aliphatic heterocycles. The lowest BCUT2D eigenvalue weighted by molar-refractivity contribution is -0.142. The summed E-state index contributed by atoms with van der Waals surface area (Å²) in [5.74, 6) is -2.44. The van der Waals surface area contributed by atoms with Gasteiger partial charge in [0.1, 0.15) is 0 Å². The number of carbonyl (C=O) groups excluding carboxylic acids is 1. The van der Waals surface area contributed by atoms with Gasteiger partial charge in [-0.05, 0) is 12.1 Å². The van der Waals surface area contributed by atoms with Gasteiger partial charge in [-0.2, -0.15) is 0 Å². The molecule has 4 nitrogen and oxygen atoms in total. The van der Waals surface area contributed by atoms with Crippen LogP contribution in [0.3, 0.4) is 0 Å². The number of fused-ring (bicyclic) bond motifs is 1. The van der Waals surface area contributed by atoms with E-state index in [1.807, 2.05) is 0 Å². The molecule has 0 radical (unpaired) electrons. The topological polar surface area (TPSA) is 70.2 Å². The Morgan fingerprint density at radius 3 is 2.58 bits per heavy atom. The Labute approximate surface area is 115 Å². The highest BCUT2D eigenvalue weighted by Crippen LogP contribution is 2.26. The summed E-state index contributed by atoms with van der Waals surface area (Å²) in [6.07, 6.45) is 1.61. The number of aromatic amines is 1. The Morgan fingerprint density at radius 1 is 1.26 bits per heavy atom. The Balaban J connectivity index is 2.39. The molecule has 0 aliphatic carbocycles. The molecular weight excluding hydrogens is 266 g/mol. The van der Waals surface area contributed by atoms with E-state index in [4.69, 9.17) is 16.7 Å². The van der Waals surface area contributed by atoms with E-state index in [0.717, 1.165) is 10.9 Å². The van der Waals surface area contributed by atoms with Crippen molar-refractivity contribution in [3.8, 4) is 0 Å². The average molecular weight is 280 g/mol. The van der Waals surface area contributed by atoms with E-state index in [-0.39, 0.29) is 5.78 Å². The third kappa shape index (κ3) is 2.49. The molecule has 100 valence electrons. The fourth-order valence-corrected chi connectivity index (χ4v) is 2.16. The van der Waals surface area contributed by atoms with Crippen molar-refractivity contribution in [2.24, 2.45) is 11.8 Å². The number of aliphatic carboxylic acids is 1. The van der Waals surface area contributed by atoms with Gasteiger partial charge in [0.25, 0.3) is 0 Å². The molecular formula is C14H14ClNO3. The van der Waals surface area contributed by atoms with E-state index in [0.29, 0.717) is 10.6 Å². The highest BCUT2D eigenvalue weighted by atomic mass is 35.5. The second kappa shape index (κ2) is 5.05. The Kier molecular flexibility index (Phi) is 3.62. The number of carbonyl (C=O) groups is 2. The summed E-state index contributed by atoms with van der Waals surface area (Å²) >= 11 is 5.88. The number of hydrogen-bond acceptors (Lipinski definition) is 2. The van der Waals surface area contributed by atoms with Crippen molar-refractivity contribution in [1.29, 1.82) is 0 Å². The van der Waals surface area contributed by atoms with Crippen molar-refractivity contribution in [3.63, 3.8) is 0 Å². The fraction of sp³-hybridized carbons (Fsp3) is 0.286. The molecule has 1 aromatic heterocycles. The molecule has 0 spiro atoms. The van der Waals surface area contributed by atoms with Crippen LogP contribution in [0.1, 0.15) is 24.2 Å². The van der Waals surface area contributed by atoms with Crippen LogP contribution in [-0.4, -0.2) is 21.8 Å². The van der Waals surface area contributed by atoms with Crippen LogP contribution in [0.25, 0.3) is 10.9 Å². The smallest absolute Gasteiger partial charge is 0.306 e. The summed E-state index contributed by atoms with van der Waals surface area (Å²) < 4.78 is 0. The normalized spacial score (nSPS) is 14.3. The summed E-state index contributed by atoms with van der Waals surface area (Å²) in [7, 11) is 0. The third-order valence-electron chi connectivity index (χ3n) is 3.46. The molecule has 5 heteroatoms. The predicted molar refractivity (Wildman–Crippen MR) is 73.6 cm³/mol. The molecule has 2 unspecified atom stereocenters. The molecule has 2 aromatic rings. The number of carboxylic acids is 1. The zero-order valence-electron chi connectivity index (χ0n) is 10.6. The van der Waals surface area contributed by atoms with Gasteiger partial charge in [0, 0.05) is 33.6 Å². The van der Waals surface area contributed by atoms with Crippen molar-refractivity contribution in [2.45, 2.75) is 13.8 Å². The minimum atomic E-state index is -0.969. The molecule has 0 bridgehead atoms. The number of benzene rings is 1. The molecule has 1 heterocycles. The molecule has 2 rings (SSSR count). The lowest BCUT2D eigenvalue weighted by Crippen LogP contribution is -2.25. The molecule has 0 amide bonds. The molecule has 0 aliphatic rings. The number of H-pyrrole nitrogens is 1. The average Bonchev–Trinajstić information content (AvgIpc) is 2.78. The van der Waals surface area contributed by atoms with E-state index in [1.165, 1.54) is 6.92 Å². The molecule has 0 saturated heterocycles. The summed E-state index contributed by atoms with van der Waals surface area (Å²) in [6, 6.07) is 5.21. The summed E-state index contributed by atoms with van der Waals surface area (Å²) in [5, 5.41) is 10.3. The Morgan fingerprint density at radius 2 is 1.95 bits per heavy atom. The highest BCUT2D eigenvalue weighted by molar-refractivity contribution is 6.31. The number of rotatable bonds is 4. The van der Waals surface area contributed by atoms with Crippen molar-refractivity contribution < 1.29 is 14.7 Å². The van der Waals surface area contributed by atoms with Crippen molar-refractivity contribution >= 4 is 34.3 Å². The van der Waals surface area contributed by atoms with Crippen molar-refractivity contribution in [3.05, 3.63) is 35.0 Å². The van der Waals surface area contributed by atoms with Crippen LogP contribution in [0, 0.1) is 11.8 Å². The second-order valence-corrected chi connectivity index (χ2v) is 5.11. The number of aromatic nitrogens is 1. The van der Waals surface area contributed by atoms with E-state index in [1.54, 1.807) is 31.3 Å². The maximum absolute atomic E-state index is 12.3. The molecule has 2 N–H and O–H groups in total. The van der Waals surface area contributed by atoms with E-state index in [2.05, 4.69) is 4.98 Å². The zero-order chi connectivity index (χ0) is 14.2. The first-order valence-corrected chi connectivity index (χ1v) is 6.33. The first kappa shape index (κ1) is 13.6. The maximum Gasteiger partial charge on any atom is 0.306 e. The fourth-order valence-electron chi connectivity index (χ4n) is 1.99. The van der Waals surface area contributed by atoms with Gasteiger partial charge >= 0.3 is 5.97 Å². The largest absolute Gasteiger partial charge is 0.481 e. The van der Waals surface area contributed by atoms with Crippen LogP contribution in [-0.2, 0) is 4.79 Å². The van der Waals surface area contributed by atoms with E-state index in [9.17, 15) is 9.59 Å². The van der Waals surface area contributed by atoms with Crippen LogP contribution in [0.2, 0.25) is 5.02 Å². The first-order valence-electron chi connectivity index (χ1n) is 5.95. The summed E-state index contributed by atoms with van der Waals surface area (Å²) in [6.45, 7) is 3.17. The quantitative estimate of drug-likeness (QED) is 0.843. The number of halogens is 1. The van der Waals surface area contributed by atoms with Gasteiger partial charge in [-0.3, -0.25) is 9.59 Å². The van der Waals surface area contributed by atoms with Gasteiger partial charge in [0.15, 0.2) is 5.78 Å². The van der Waals surface area contributed by atoms with Gasteiger partial charge in [0.2, 0.25) is 0 Å². The van der Waals surface area contributed by atoms with Crippen LogP contribution < -0.4 is 0 Å². The lowest BCUT2D eigenvalue weighted by Gasteiger charge is -2.14. The van der Waals surface area contributed by atoms with Gasteiger partial charge in [0.05, 0.1) is 5.92 Å². The highest BCUT2D eigenvalue weighted by Gasteiger charge is 2.28. The van der Waals surface area contributed by atoms with Crippen molar-refractivity contribution in [2.75, 3.05) is 0 Å². The van der Waals surface area contributed by atoms with E-state index < -0.39 is 17.8 Å². The number of hydrogen-bond donors (Lipinski definition) is 2. The van der Waals surface area contributed by atoms with Crippen molar-refractivity contribution in [1.82, 2.24) is 4.98 Å². The maximum atomic E-state index is 12.3. The van der Waals surface area contributed by atoms with Crippen LogP contribution in [0.15, 0.2) is 24.4 Å². The van der Waals surface area contributed by atoms with Gasteiger partial charge in [-0.1, -0.05) is 31.5 Å². The molecule has 0 saturated carbocycles. The monoisotopic (exact) mass is 279 g/mol. The summed E-state index contributed by atoms with van der Waals surface area (Å²) in [4.78, 5) is 26.3. The van der Waals surface area contributed by atoms with Gasteiger partial charge < -0.3 is 10.1 Å². The number of carboxylic acid groups (broad SMARTS) is 1. The standard InChI is InChI=1S/C14H14ClNO3/c1-7(8(2)14(18)19)13(17)11-6-16-12-5-9(15)3-4-10(11)12/h3-8,16H,1-2H3,(H,18,19). The number of ketones is 1. The SMILES string of the molecule is CC(C(=O)O)C(C)C(=O)c1c[nH]c2cc(Cl)ccc12. The molecule has 2 atom stereocenters. The van der Waals surface area contributed by atoms with Crippen LogP contribution in [0.5, 0.6) is 0 Å².